The smallest absolute Gasteiger partial charge is 0.444 e. The normalized spacial score (nSPS) is 22.1. The molecule has 2 fully saturated rings. The molecule has 2 aliphatic heterocycles. The summed E-state index contributed by atoms with van der Waals surface area (Å²) in [6.45, 7) is 17.6. The molecule has 0 aliphatic carbocycles. The quantitative estimate of drug-likeness (QED) is 0.689. The average Bonchev–Trinajstić information content (AvgIpc) is 2.81. The molecule has 0 spiro atoms. The van der Waals surface area contributed by atoms with Crippen molar-refractivity contribution in [2.45, 2.75) is 91.0 Å². The molecule has 2 saturated heterocycles. The maximum Gasteiger partial charge on any atom is 0.495 e. The first-order chi connectivity index (χ1) is 13.3. The Morgan fingerprint density at radius 1 is 1.10 bits per heavy atom. The summed E-state index contributed by atoms with van der Waals surface area (Å²) >= 11 is 0. The molecule has 0 bridgehead atoms. The Bertz CT molecular complexity index is 745. The summed E-state index contributed by atoms with van der Waals surface area (Å²) in [7, 11) is -0.330. The maximum absolute atomic E-state index is 12.3. The van der Waals surface area contributed by atoms with E-state index in [0.717, 1.165) is 31.4 Å². The van der Waals surface area contributed by atoms with Crippen LogP contribution in [0.1, 0.15) is 78.4 Å². The number of likely N-dealkylation sites (tertiary alicyclic amines) is 1. The van der Waals surface area contributed by atoms with Crippen molar-refractivity contribution in [3.05, 3.63) is 29.3 Å². The van der Waals surface area contributed by atoms with E-state index in [-0.39, 0.29) is 24.4 Å². The summed E-state index contributed by atoms with van der Waals surface area (Å²) in [5.74, 6) is 0.458. The first-order valence-corrected chi connectivity index (χ1v) is 10.7. The van der Waals surface area contributed by atoms with Crippen LogP contribution in [0.15, 0.2) is 18.2 Å². The molecule has 1 aromatic carbocycles. The summed E-state index contributed by atoms with van der Waals surface area (Å²) in [5.41, 5.74) is 2.49. The standard InChI is InChI=1S/C23H36BNO4/c1-16-15-18(9-10-19(16)24-28-22(5,6)23(7,8)29-24)17-11-13-25(14-12-17)20(26)27-21(2,3)4/h9-10,15,17H,11-14H2,1-8H3. The van der Waals surface area contributed by atoms with Gasteiger partial charge in [-0.15, -0.1) is 0 Å². The average molecular weight is 401 g/mol. The number of benzene rings is 1. The van der Waals surface area contributed by atoms with Crippen LogP contribution in [0.25, 0.3) is 0 Å². The Morgan fingerprint density at radius 2 is 1.66 bits per heavy atom. The SMILES string of the molecule is Cc1cc(C2CCN(C(=O)OC(C)(C)C)CC2)ccc1B1OC(C)(C)C(C)(C)O1. The van der Waals surface area contributed by atoms with Gasteiger partial charge in [0.05, 0.1) is 11.2 Å². The van der Waals surface area contributed by atoms with Gasteiger partial charge in [0.15, 0.2) is 0 Å². The molecule has 0 saturated carbocycles. The number of carbonyl (C=O) groups is 1. The summed E-state index contributed by atoms with van der Waals surface area (Å²) in [6, 6.07) is 6.60. The number of ether oxygens (including phenoxy) is 1. The van der Waals surface area contributed by atoms with Crippen molar-refractivity contribution < 1.29 is 18.8 Å². The van der Waals surface area contributed by atoms with Crippen molar-refractivity contribution in [2.24, 2.45) is 0 Å². The molecule has 5 nitrogen and oxygen atoms in total. The number of piperidine rings is 1. The van der Waals surface area contributed by atoms with Gasteiger partial charge in [-0.25, -0.2) is 4.79 Å². The summed E-state index contributed by atoms with van der Waals surface area (Å²) in [5, 5.41) is 0. The Balaban J connectivity index is 1.64. The topological polar surface area (TPSA) is 48.0 Å². The molecule has 0 aromatic heterocycles. The van der Waals surface area contributed by atoms with E-state index < -0.39 is 5.60 Å². The van der Waals surface area contributed by atoms with Crippen LogP contribution in [-0.2, 0) is 14.0 Å². The van der Waals surface area contributed by atoms with Gasteiger partial charge in [-0.2, -0.15) is 0 Å². The summed E-state index contributed by atoms with van der Waals surface area (Å²) < 4.78 is 17.9. The third-order valence-corrected chi connectivity index (χ3v) is 6.42. The highest BCUT2D eigenvalue weighted by atomic mass is 16.7. The Kier molecular flexibility index (Phi) is 5.83. The highest BCUT2D eigenvalue weighted by molar-refractivity contribution is 6.62. The maximum atomic E-state index is 12.3. The van der Waals surface area contributed by atoms with E-state index in [2.05, 4.69) is 52.8 Å². The van der Waals surface area contributed by atoms with E-state index in [1.807, 2.05) is 25.7 Å². The van der Waals surface area contributed by atoms with Crippen LogP contribution in [0.4, 0.5) is 4.79 Å². The molecule has 6 heteroatoms. The third-order valence-electron chi connectivity index (χ3n) is 6.42. The van der Waals surface area contributed by atoms with E-state index in [4.69, 9.17) is 14.0 Å². The molecule has 0 radical (unpaired) electrons. The van der Waals surface area contributed by atoms with Gasteiger partial charge in [0.2, 0.25) is 0 Å². The largest absolute Gasteiger partial charge is 0.495 e. The lowest BCUT2D eigenvalue weighted by Crippen LogP contribution is -2.41. The van der Waals surface area contributed by atoms with Crippen molar-refractivity contribution in [3.63, 3.8) is 0 Å². The molecule has 160 valence electrons. The van der Waals surface area contributed by atoms with Crippen molar-refractivity contribution in [1.82, 2.24) is 4.90 Å². The van der Waals surface area contributed by atoms with Crippen LogP contribution in [-0.4, -0.2) is 48.0 Å². The molecular formula is C23H36BNO4. The first kappa shape index (κ1) is 22.2. The van der Waals surface area contributed by atoms with E-state index in [0.29, 0.717) is 5.92 Å². The molecule has 3 rings (SSSR count). The van der Waals surface area contributed by atoms with Gasteiger partial charge in [0, 0.05) is 13.1 Å². The van der Waals surface area contributed by atoms with Gasteiger partial charge in [-0.1, -0.05) is 23.8 Å². The van der Waals surface area contributed by atoms with Gasteiger partial charge in [-0.05, 0) is 85.2 Å². The zero-order valence-corrected chi connectivity index (χ0v) is 19.3. The van der Waals surface area contributed by atoms with Crippen LogP contribution in [0, 0.1) is 6.92 Å². The fourth-order valence-corrected chi connectivity index (χ4v) is 3.91. The number of aryl methyl sites for hydroxylation is 1. The Morgan fingerprint density at radius 3 is 2.14 bits per heavy atom. The lowest BCUT2D eigenvalue weighted by Gasteiger charge is -2.33. The van der Waals surface area contributed by atoms with Crippen molar-refractivity contribution in [1.29, 1.82) is 0 Å². The molecule has 2 aliphatic rings. The monoisotopic (exact) mass is 401 g/mol. The minimum atomic E-state index is -0.450. The van der Waals surface area contributed by atoms with Gasteiger partial charge in [0.1, 0.15) is 5.60 Å². The van der Waals surface area contributed by atoms with Gasteiger partial charge in [0.25, 0.3) is 0 Å². The van der Waals surface area contributed by atoms with Crippen LogP contribution < -0.4 is 5.46 Å². The molecule has 1 aromatic rings. The second-order valence-electron chi connectivity index (χ2n) is 10.4. The zero-order chi connectivity index (χ0) is 21.6. The Labute approximate surface area is 176 Å². The second-order valence-corrected chi connectivity index (χ2v) is 10.4. The summed E-state index contributed by atoms with van der Waals surface area (Å²) in [6.07, 6.45) is 1.70. The van der Waals surface area contributed by atoms with Crippen LogP contribution in [0.3, 0.4) is 0 Å². The number of amides is 1. The lowest BCUT2D eigenvalue weighted by atomic mass is 9.74. The number of hydrogen-bond acceptors (Lipinski definition) is 4. The van der Waals surface area contributed by atoms with Crippen LogP contribution >= 0.6 is 0 Å². The number of hydrogen-bond donors (Lipinski definition) is 0. The molecular weight excluding hydrogens is 365 g/mol. The van der Waals surface area contributed by atoms with Gasteiger partial charge < -0.3 is 18.9 Å². The number of carbonyl (C=O) groups excluding carboxylic acids is 1. The van der Waals surface area contributed by atoms with Crippen molar-refractivity contribution in [3.8, 4) is 0 Å². The Hall–Kier alpha value is -1.53. The minimum absolute atomic E-state index is 0.205. The van der Waals surface area contributed by atoms with E-state index in [1.54, 1.807) is 0 Å². The third kappa shape index (κ3) is 4.80. The number of rotatable bonds is 2. The highest BCUT2D eigenvalue weighted by Gasteiger charge is 2.52. The molecule has 29 heavy (non-hydrogen) atoms. The molecule has 2 heterocycles. The van der Waals surface area contributed by atoms with Crippen LogP contribution in [0.2, 0.25) is 0 Å². The molecule has 0 unspecified atom stereocenters. The highest BCUT2D eigenvalue weighted by Crippen LogP contribution is 2.37. The predicted octanol–water partition coefficient (Wildman–Crippen LogP) is 4.41. The van der Waals surface area contributed by atoms with Gasteiger partial charge >= 0.3 is 13.2 Å². The minimum Gasteiger partial charge on any atom is -0.444 e. The van der Waals surface area contributed by atoms with Gasteiger partial charge in [-0.3, -0.25) is 0 Å². The fraction of sp³-hybridized carbons (Fsp3) is 0.696. The second kappa shape index (κ2) is 7.62. The molecule has 0 atom stereocenters. The van der Waals surface area contributed by atoms with E-state index in [1.165, 1.54) is 11.1 Å². The summed E-state index contributed by atoms with van der Waals surface area (Å²) in [4.78, 5) is 14.1. The van der Waals surface area contributed by atoms with E-state index >= 15 is 0 Å². The van der Waals surface area contributed by atoms with E-state index in [9.17, 15) is 4.79 Å². The zero-order valence-electron chi connectivity index (χ0n) is 19.3. The fourth-order valence-electron chi connectivity index (χ4n) is 3.91. The number of nitrogens with zero attached hydrogens (tertiary/aromatic N) is 1. The molecule has 1 amide bonds. The predicted molar refractivity (Wildman–Crippen MR) is 117 cm³/mol. The van der Waals surface area contributed by atoms with Crippen molar-refractivity contribution in [2.75, 3.05) is 13.1 Å². The first-order valence-electron chi connectivity index (χ1n) is 10.7. The molecule has 0 N–H and O–H groups in total. The van der Waals surface area contributed by atoms with Crippen LogP contribution in [0.5, 0.6) is 0 Å². The van der Waals surface area contributed by atoms with Crippen molar-refractivity contribution >= 4 is 18.7 Å². The lowest BCUT2D eigenvalue weighted by molar-refractivity contribution is 0.00578.